The average molecular weight is 255 g/mol. The van der Waals surface area contributed by atoms with E-state index < -0.39 is 12.6 Å². The van der Waals surface area contributed by atoms with E-state index in [2.05, 4.69) is 9.72 Å². The standard InChI is InChI=1S/C11H7F2NO4/c12-11(13)18-8-4-2-1-3-6(8)9-14-7(5-17-9)10(15)16/h1-5,11H,(H,15,16). The van der Waals surface area contributed by atoms with Gasteiger partial charge in [0.1, 0.15) is 12.0 Å². The number of nitrogens with zero attached hydrogens (tertiary/aromatic N) is 1. The second-order valence-corrected chi connectivity index (χ2v) is 3.22. The quantitative estimate of drug-likeness (QED) is 0.909. The first-order valence-electron chi connectivity index (χ1n) is 4.81. The molecule has 94 valence electrons. The Labute approximate surface area is 99.6 Å². The molecule has 18 heavy (non-hydrogen) atoms. The van der Waals surface area contributed by atoms with Crippen molar-refractivity contribution >= 4 is 5.97 Å². The number of rotatable bonds is 4. The van der Waals surface area contributed by atoms with Crippen molar-refractivity contribution in [3.8, 4) is 17.2 Å². The van der Waals surface area contributed by atoms with Crippen LogP contribution in [0.5, 0.6) is 5.75 Å². The van der Waals surface area contributed by atoms with Gasteiger partial charge in [0.15, 0.2) is 5.69 Å². The molecule has 0 radical (unpaired) electrons. The van der Waals surface area contributed by atoms with E-state index in [4.69, 9.17) is 9.52 Å². The van der Waals surface area contributed by atoms with Gasteiger partial charge in [-0.25, -0.2) is 9.78 Å². The maximum atomic E-state index is 12.2. The SMILES string of the molecule is O=C(O)c1coc(-c2ccccc2OC(F)F)n1. The minimum atomic E-state index is -2.99. The van der Waals surface area contributed by atoms with Crippen LogP contribution in [-0.2, 0) is 0 Å². The largest absolute Gasteiger partial charge is 0.476 e. The number of benzene rings is 1. The van der Waals surface area contributed by atoms with Crippen molar-refractivity contribution < 1.29 is 27.8 Å². The molecular weight excluding hydrogens is 248 g/mol. The molecule has 1 aromatic heterocycles. The van der Waals surface area contributed by atoms with Crippen LogP contribution in [0.25, 0.3) is 11.5 Å². The van der Waals surface area contributed by atoms with Crippen LogP contribution >= 0.6 is 0 Å². The van der Waals surface area contributed by atoms with Gasteiger partial charge in [0, 0.05) is 0 Å². The number of oxazole rings is 1. The number of halogens is 2. The molecule has 0 unspecified atom stereocenters. The molecule has 1 N–H and O–H groups in total. The van der Waals surface area contributed by atoms with Gasteiger partial charge in [-0.2, -0.15) is 8.78 Å². The first-order chi connectivity index (χ1) is 8.58. The lowest BCUT2D eigenvalue weighted by Crippen LogP contribution is -2.03. The van der Waals surface area contributed by atoms with Gasteiger partial charge in [-0.3, -0.25) is 0 Å². The van der Waals surface area contributed by atoms with Gasteiger partial charge < -0.3 is 14.3 Å². The fourth-order valence-corrected chi connectivity index (χ4v) is 1.34. The zero-order chi connectivity index (χ0) is 13.1. The number of hydrogen-bond acceptors (Lipinski definition) is 4. The van der Waals surface area contributed by atoms with Gasteiger partial charge >= 0.3 is 12.6 Å². The fourth-order valence-electron chi connectivity index (χ4n) is 1.34. The lowest BCUT2D eigenvalue weighted by atomic mass is 10.2. The summed E-state index contributed by atoms with van der Waals surface area (Å²) in [5, 5.41) is 8.69. The van der Waals surface area contributed by atoms with E-state index in [1.165, 1.54) is 18.2 Å². The Morgan fingerprint density at radius 3 is 2.72 bits per heavy atom. The van der Waals surface area contributed by atoms with Crippen molar-refractivity contribution in [2.75, 3.05) is 0 Å². The summed E-state index contributed by atoms with van der Waals surface area (Å²) in [6.45, 7) is -2.99. The molecular formula is C11H7F2NO4. The molecule has 2 aromatic rings. The fraction of sp³-hybridized carbons (Fsp3) is 0.0909. The van der Waals surface area contributed by atoms with E-state index in [0.717, 1.165) is 6.26 Å². The van der Waals surface area contributed by atoms with Crippen LogP contribution in [0.4, 0.5) is 8.78 Å². The Kier molecular flexibility index (Phi) is 3.22. The van der Waals surface area contributed by atoms with Crippen LogP contribution in [0.3, 0.4) is 0 Å². The maximum absolute atomic E-state index is 12.2. The van der Waals surface area contributed by atoms with E-state index >= 15 is 0 Å². The zero-order valence-corrected chi connectivity index (χ0v) is 8.84. The number of carboxylic acids is 1. The molecule has 0 aliphatic heterocycles. The van der Waals surface area contributed by atoms with Crippen molar-refractivity contribution in [3.63, 3.8) is 0 Å². The Balaban J connectivity index is 2.39. The highest BCUT2D eigenvalue weighted by Crippen LogP contribution is 2.30. The van der Waals surface area contributed by atoms with Gasteiger partial charge in [0.05, 0.1) is 5.56 Å². The zero-order valence-electron chi connectivity index (χ0n) is 8.84. The lowest BCUT2D eigenvalue weighted by molar-refractivity contribution is -0.0495. The van der Waals surface area contributed by atoms with Gasteiger partial charge in [-0.15, -0.1) is 0 Å². The molecule has 0 fully saturated rings. The highest BCUT2D eigenvalue weighted by molar-refractivity contribution is 5.85. The molecule has 0 bridgehead atoms. The first-order valence-corrected chi connectivity index (χ1v) is 4.81. The van der Waals surface area contributed by atoms with Crippen molar-refractivity contribution in [2.45, 2.75) is 6.61 Å². The molecule has 0 saturated carbocycles. The minimum Gasteiger partial charge on any atom is -0.476 e. The molecule has 0 saturated heterocycles. The average Bonchev–Trinajstić information content (AvgIpc) is 2.78. The number of carboxylic acid groups (broad SMARTS) is 1. The number of aromatic nitrogens is 1. The van der Waals surface area contributed by atoms with E-state index in [-0.39, 0.29) is 22.9 Å². The summed E-state index contributed by atoms with van der Waals surface area (Å²) in [4.78, 5) is 14.3. The highest BCUT2D eigenvalue weighted by atomic mass is 19.3. The third kappa shape index (κ3) is 2.45. The molecule has 0 amide bonds. The highest BCUT2D eigenvalue weighted by Gasteiger charge is 2.17. The van der Waals surface area contributed by atoms with Gasteiger partial charge in [0.25, 0.3) is 0 Å². The molecule has 0 atom stereocenters. The van der Waals surface area contributed by atoms with Crippen molar-refractivity contribution in [1.82, 2.24) is 4.98 Å². The van der Waals surface area contributed by atoms with Crippen LogP contribution in [0.1, 0.15) is 10.5 Å². The van der Waals surface area contributed by atoms with Crippen LogP contribution in [0.2, 0.25) is 0 Å². The molecule has 2 rings (SSSR count). The van der Waals surface area contributed by atoms with Gasteiger partial charge in [-0.1, -0.05) is 12.1 Å². The number of carbonyl (C=O) groups is 1. The summed E-state index contributed by atoms with van der Waals surface area (Å²) < 4.78 is 33.6. The van der Waals surface area contributed by atoms with E-state index in [1.54, 1.807) is 6.07 Å². The second-order valence-electron chi connectivity index (χ2n) is 3.22. The molecule has 1 heterocycles. The molecule has 0 spiro atoms. The van der Waals surface area contributed by atoms with Crippen LogP contribution < -0.4 is 4.74 Å². The van der Waals surface area contributed by atoms with E-state index in [0.29, 0.717) is 0 Å². The Morgan fingerprint density at radius 1 is 1.39 bits per heavy atom. The first kappa shape index (κ1) is 12.0. The predicted octanol–water partition coefficient (Wildman–Crippen LogP) is 2.64. The molecule has 1 aromatic carbocycles. The number of hydrogen-bond donors (Lipinski definition) is 1. The van der Waals surface area contributed by atoms with E-state index in [1.807, 2.05) is 0 Å². The Hall–Kier alpha value is -2.44. The summed E-state index contributed by atoms with van der Waals surface area (Å²) in [5.74, 6) is -1.49. The summed E-state index contributed by atoms with van der Waals surface area (Å²) in [7, 11) is 0. The number of alkyl halides is 2. The monoisotopic (exact) mass is 255 g/mol. The third-order valence-electron chi connectivity index (χ3n) is 2.06. The van der Waals surface area contributed by atoms with Crippen LogP contribution in [0.15, 0.2) is 34.9 Å². The van der Waals surface area contributed by atoms with Crippen LogP contribution in [-0.4, -0.2) is 22.7 Å². The topological polar surface area (TPSA) is 72.6 Å². The summed E-state index contributed by atoms with van der Waals surface area (Å²) in [6.07, 6.45) is 0.927. The molecule has 5 nitrogen and oxygen atoms in total. The van der Waals surface area contributed by atoms with Gasteiger partial charge in [0.2, 0.25) is 5.89 Å². The molecule has 0 aliphatic rings. The second kappa shape index (κ2) is 4.82. The Morgan fingerprint density at radius 2 is 2.11 bits per heavy atom. The van der Waals surface area contributed by atoms with Crippen molar-refractivity contribution in [3.05, 3.63) is 36.2 Å². The number of ether oxygens (including phenoxy) is 1. The number of para-hydroxylation sites is 1. The smallest absolute Gasteiger partial charge is 0.387 e. The molecule has 0 aliphatic carbocycles. The normalized spacial score (nSPS) is 10.6. The van der Waals surface area contributed by atoms with E-state index in [9.17, 15) is 13.6 Å². The maximum Gasteiger partial charge on any atom is 0.387 e. The van der Waals surface area contributed by atoms with Crippen molar-refractivity contribution in [1.29, 1.82) is 0 Å². The lowest BCUT2D eigenvalue weighted by Gasteiger charge is -2.07. The van der Waals surface area contributed by atoms with Crippen molar-refractivity contribution in [2.24, 2.45) is 0 Å². The van der Waals surface area contributed by atoms with Crippen LogP contribution in [0, 0.1) is 0 Å². The summed E-state index contributed by atoms with van der Waals surface area (Å²) in [5.41, 5.74) is -0.151. The van der Waals surface area contributed by atoms with Gasteiger partial charge in [-0.05, 0) is 12.1 Å². The predicted molar refractivity (Wildman–Crippen MR) is 55.5 cm³/mol. The minimum absolute atomic E-state index is 0.0938. The number of aromatic carboxylic acids is 1. The third-order valence-corrected chi connectivity index (χ3v) is 2.06. The molecule has 7 heteroatoms. The summed E-state index contributed by atoms with van der Waals surface area (Å²) in [6, 6.07) is 5.82. The Bertz CT molecular complexity index is 568. The summed E-state index contributed by atoms with van der Waals surface area (Å²) >= 11 is 0.